The van der Waals surface area contributed by atoms with Crippen molar-refractivity contribution in [3.8, 4) is 0 Å². The summed E-state index contributed by atoms with van der Waals surface area (Å²) >= 11 is 9.84. The molecular weight excluding hydrogens is 336 g/mol. The van der Waals surface area contributed by atoms with Gasteiger partial charge in [-0.2, -0.15) is 0 Å². The van der Waals surface area contributed by atoms with Crippen LogP contribution in [0.15, 0.2) is 4.47 Å². The highest BCUT2D eigenvalue weighted by Gasteiger charge is 2.31. The molecule has 0 N–H and O–H groups in total. The van der Waals surface area contributed by atoms with E-state index in [2.05, 4.69) is 34.8 Å². The fraction of sp³-hybridized carbons (Fsp3) is 0.750. The Bertz CT molecular complexity index is 491. The van der Waals surface area contributed by atoms with Gasteiger partial charge in [0.2, 0.25) is 0 Å². The molecule has 0 atom stereocenters. The Labute approximate surface area is 134 Å². The van der Waals surface area contributed by atoms with Crippen LogP contribution in [0.25, 0.3) is 0 Å². The van der Waals surface area contributed by atoms with Gasteiger partial charge in [0.25, 0.3) is 0 Å². The van der Waals surface area contributed by atoms with Crippen LogP contribution in [-0.2, 0) is 0 Å². The Morgan fingerprint density at radius 3 is 2.15 bits per heavy atom. The fourth-order valence-corrected chi connectivity index (χ4v) is 3.99. The highest BCUT2D eigenvalue weighted by molar-refractivity contribution is 9.10. The Morgan fingerprint density at radius 1 is 1.00 bits per heavy atom. The number of aromatic nitrogens is 2. The van der Waals surface area contributed by atoms with Crippen LogP contribution in [0, 0.1) is 11.8 Å². The topological polar surface area (TPSA) is 25.8 Å². The molecule has 0 amide bonds. The summed E-state index contributed by atoms with van der Waals surface area (Å²) in [7, 11) is 0. The predicted molar refractivity (Wildman–Crippen MR) is 86.3 cm³/mol. The molecule has 2 aliphatic carbocycles. The van der Waals surface area contributed by atoms with Crippen molar-refractivity contribution < 1.29 is 0 Å². The lowest BCUT2D eigenvalue weighted by Gasteiger charge is -2.30. The van der Waals surface area contributed by atoms with Crippen LogP contribution in [0.2, 0.25) is 5.15 Å². The minimum absolute atomic E-state index is 0.507. The number of rotatable bonds is 3. The van der Waals surface area contributed by atoms with Gasteiger partial charge in [-0.05, 0) is 66.3 Å². The fourth-order valence-electron chi connectivity index (χ4n) is 3.31. The van der Waals surface area contributed by atoms with E-state index in [-0.39, 0.29) is 0 Å². The maximum atomic E-state index is 6.29. The summed E-state index contributed by atoms with van der Waals surface area (Å²) in [6.07, 6.45) is 7.52. The molecular formula is C16H22BrClN2. The van der Waals surface area contributed by atoms with E-state index in [0.29, 0.717) is 17.0 Å². The summed E-state index contributed by atoms with van der Waals surface area (Å²) in [6, 6.07) is 0. The molecule has 2 nitrogen and oxygen atoms in total. The van der Waals surface area contributed by atoms with E-state index < -0.39 is 0 Å². The van der Waals surface area contributed by atoms with Crippen molar-refractivity contribution in [1.82, 2.24) is 9.97 Å². The average Bonchev–Trinajstić information content (AvgIpc) is 3.26. The van der Waals surface area contributed by atoms with Gasteiger partial charge in [-0.1, -0.05) is 25.4 Å². The van der Waals surface area contributed by atoms with Crippen LogP contribution in [-0.4, -0.2) is 9.97 Å². The molecule has 1 aromatic rings. The highest BCUT2D eigenvalue weighted by atomic mass is 79.9. The zero-order valence-electron chi connectivity index (χ0n) is 12.2. The number of halogens is 2. The van der Waals surface area contributed by atoms with Crippen molar-refractivity contribution in [1.29, 1.82) is 0 Å². The molecule has 4 heteroatoms. The van der Waals surface area contributed by atoms with Gasteiger partial charge in [0.1, 0.15) is 11.0 Å². The van der Waals surface area contributed by atoms with Crippen molar-refractivity contribution in [3.63, 3.8) is 0 Å². The van der Waals surface area contributed by atoms with Crippen LogP contribution < -0.4 is 0 Å². The Balaban J connectivity index is 1.78. The van der Waals surface area contributed by atoms with Gasteiger partial charge >= 0.3 is 0 Å². The monoisotopic (exact) mass is 356 g/mol. The molecule has 1 aromatic heterocycles. The molecule has 0 unspecified atom stereocenters. The lowest BCUT2D eigenvalue weighted by molar-refractivity contribution is 0.254. The third-order valence-electron chi connectivity index (χ3n) is 4.90. The molecule has 2 aliphatic rings. The summed E-state index contributed by atoms with van der Waals surface area (Å²) in [4.78, 5) is 9.39. The van der Waals surface area contributed by atoms with Gasteiger partial charge in [0.05, 0.1) is 10.2 Å². The zero-order valence-corrected chi connectivity index (χ0v) is 14.5. The highest BCUT2D eigenvalue weighted by Crippen LogP contribution is 2.45. The predicted octanol–water partition coefficient (Wildman–Crippen LogP) is 5.70. The van der Waals surface area contributed by atoms with Crippen LogP contribution in [0.4, 0.5) is 0 Å². The summed E-state index contributed by atoms with van der Waals surface area (Å²) in [6.45, 7) is 4.67. The second-order valence-corrected chi connectivity index (χ2v) is 7.85. The molecule has 0 aliphatic heterocycles. The smallest absolute Gasteiger partial charge is 0.147 e. The van der Waals surface area contributed by atoms with E-state index in [1.54, 1.807) is 0 Å². The number of hydrogen-bond acceptors (Lipinski definition) is 2. The summed E-state index contributed by atoms with van der Waals surface area (Å²) in [5.74, 6) is 3.78. The quantitative estimate of drug-likeness (QED) is 0.648. The molecule has 3 rings (SSSR count). The summed E-state index contributed by atoms with van der Waals surface area (Å²) < 4.78 is 0.918. The first-order chi connectivity index (χ1) is 9.56. The lowest BCUT2D eigenvalue weighted by atomic mass is 9.76. The molecule has 2 saturated carbocycles. The molecule has 0 aromatic carbocycles. The van der Waals surface area contributed by atoms with E-state index in [1.165, 1.54) is 38.5 Å². The van der Waals surface area contributed by atoms with Gasteiger partial charge in [0, 0.05) is 11.8 Å². The zero-order chi connectivity index (χ0) is 14.3. The molecule has 2 fully saturated rings. The number of nitrogens with zero attached hydrogens (tertiary/aromatic N) is 2. The Hall–Kier alpha value is -0.150. The molecule has 0 spiro atoms. The standard InChI is InChI=1S/C16H22BrClN2/c1-9(2)10-3-7-12(8-4-10)16-19-14(11-5-6-11)13(17)15(18)20-16/h9-12H,3-8H2,1-2H3. The minimum atomic E-state index is 0.507. The van der Waals surface area contributed by atoms with Gasteiger partial charge in [0.15, 0.2) is 0 Å². The first-order valence-electron chi connectivity index (χ1n) is 7.79. The van der Waals surface area contributed by atoms with Crippen LogP contribution in [0.1, 0.15) is 75.7 Å². The average molecular weight is 358 g/mol. The normalized spacial score (nSPS) is 27.1. The second kappa shape index (κ2) is 5.92. The van der Waals surface area contributed by atoms with Crippen molar-refractivity contribution >= 4 is 27.5 Å². The number of hydrogen-bond donors (Lipinski definition) is 0. The second-order valence-electron chi connectivity index (χ2n) is 6.70. The SMILES string of the molecule is CC(C)C1CCC(c2nc(Cl)c(Br)c(C3CC3)n2)CC1. The largest absolute Gasteiger partial charge is 0.236 e. The molecule has 1 heterocycles. The van der Waals surface area contributed by atoms with Crippen molar-refractivity contribution in [3.05, 3.63) is 21.1 Å². The van der Waals surface area contributed by atoms with E-state index in [4.69, 9.17) is 16.6 Å². The summed E-state index contributed by atoms with van der Waals surface area (Å²) in [5, 5.41) is 0.600. The van der Waals surface area contributed by atoms with E-state index in [0.717, 1.165) is 27.8 Å². The van der Waals surface area contributed by atoms with Crippen LogP contribution in [0.3, 0.4) is 0 Å². The molecule has 0 radical (unpaired) electrons. The third kappa shape index (κ3) is 3.04. The van der Waals surface area contributed by atoms with E-state index >= 15 is 0 Å². The van der Waals surface area contributed by atoms with E-state index in [1.807, 2.05) is 0 Å². The van der Waals surface area contributed by atoms with Crippen LogP contribution >= 0.6 is 27.5 Å². The lowest BCUT2D eigenvalue weighted by Crippen LogP contribution is -2.19. The molecule has 0 saturated heterocycles. The summed E-state index contributed by atoms with van der Waals surface area (Å²) in [5.41, 5.74) is 1.14. The van der Waals surface area contributed by atoms with Gasteiger partial charge in [-0.25, -0.2) is 9.97 Å². The van der Waals surface area contributed by atoms with Crippen LogP contribution in [0.5, 0.6) is 0 Å². The first kappa shape index (κ1) is 14.8. The van der Waals surface area contributed by atoms with Crippen molar-refractivity contribution in [2.75, 3.05) is 0 Å². The molecule has 110 valence electrons. The Morgan fingerprint density at radius 2 is 1.60 bits per heavy atom. The molecule has 20 heavy (non-hydrogen) atoms. The minimum Gasteiger partial charge on any atom is -0.236 e. The maximum Gasteiger partial charge on any atom is 0.147 e. The third-order valence-corrected chi connectivity index (χ3v) is 6.18. The molecule has 0 bridgehead atoms. The van der Waals surface area contributed by atoms with Gasteiger partial charge in [-0.3, -0.25) is 0 Å². The van der Waals surface area contributed by atoms with E-state index in [9.17, 15) is 0 Å². The Kier molecular flexibility index (Phi) is 4.37. The van der Waals surface area contributed by atoms with Gasteiger partial charge in [-0.15, -0.1) is 0 Å². The van der Waals surface area contributed by atoms with Crippen molar-refractivity contribution in [2.24, 2.45) is 11.8 Å². The first-order valence-corrected chi connectivity index (χ1v) is 8.96. The van der Waals surface area contributed by atoms with Gasteiger partial charge < -0.3 is 0 Å². The maximum absolute atomic E-state index is 6.29. The van der Waals surface area contributed by atoms with Crippen molar-refractivity contribution in [2.45, 2.75) is 64.2 Å².